The molecule has 0 spiro atoms. The maximum atomic E-state index is 6.08. The lowest BCUT2D eigenvalue weighted by Gasteiger charge is -2.36. The van der Waals surface area contributed by atoms with E-state index < -0.39 is 8.32 Å². The Morgan fingerprint density at radius 1 is 1.06 bits per heavy atom. The number of unbranched alkanes of at least 4 members (excludes halogenated alkanes) is 2. The van der Waals surface area contributed by atoms with Gasteiger partial charge in [0, 0.05) is 6.61 Å². The van der Waals surface area contributed by atoms with Crippen LogP contribution in [0.3, 0.4) is 0 Å². The molecule has 0 aliphatic rings. The monoisotopic (exact) mass is 244 g/mol. The Morgan fingerprint density at radius 3 is 2.12 bits per heavy atom. The van der Waals surface area contributed by atoms with Crippen LogP contribution in [-0.2, 0) is 9.16 Å². The van der Waals surface area contributed by atoms with Crippen molar-refractivity contribution in [2.24, 2.45) is 0 Å². The van der Waals surface area contributed by atoms with Crippen LogP contribution in [0.5, 0.6) is 0 Å². The van der Waals surface area contributed by atoms with E-state index in [2.05, 4.69) is 40.4 Å². The van der Waals surface area contributed by atoms with Crippen molar-refractivity contribution < 1.29 is 9.16 Å². The van der Waals surface area contributed by atoms with Gasteiger partial charge in [0.15, 0.2) is 8.32 Å². The molecule has 0 N–H and O–H groups in total. The van der Waals surface area contributed by atoms with Gasteiger partial charge in [-0.3, -0.25) is 0 Å². The summed E-state index contributed by atoms with van der Waals surface area (Å²) in [5.74, 6) is 0. The van der Waals surface area contributed by atoms with Crippen LogP contribution < -0.4 is 0 Å². The molecule has 2 nitrogen and oxygen atoms in total. The van der Waals surface area contributed by atoms with E-state index in [1.807, 2.05) is 0 Å². The summed E-state index contributed by atoms with van der Waals surface area (Å²) in [5, 5.41) is 0.318. The number of ether oxygens (including phenoxy) is 1. The minimum atomic E-state index is -1.53. The van der Waals surface area contributed by atoms with Gasteiger partial charge in [-0.05, 0) is 37.4 Å². The molecule has 0 aromatic carbocycles. The first-order valence-electron chi connectivity index (χ1n) is 6.18. The van der Waals surface area contributed by atoms with Crippen molar-refractivity contribution >= 4 is 8.32 Å². The molecule has 0 bridgehead atoms. The van der Waals surface area contributed by atoms with Gasteiger partial charge in [-0.25, -0.2) is 0 Å². The molecule has 16 heavy (non-hydrogen) atoms. The predicted octanol–water partition coefficient (Wildman–Crippen LogP) is 4.34. The summed E-state index contributed by atoms with van der Waals surface area (Å²) >= 11 is 0. The molecule has 0 aliphatic carbocycles. The van der Waals surface area contributed by atoms with Crippen LogP contribution in [0, 0.1) is 0 Å². The third-order valence-corrected chi connectivity index (χ3v) is 7.83. The van der Waals surface area contributed by atoms with Crippen LogP contribution in [-0.4, -0.2) is 21.5 Å². The van der Waals surface area contributed by atoms with E-state index in [-0.39, 0.29) is 0 Å². The maximum absolute atomic E-state index is 6.08. The predicted molar refractivity (Wildman–Crippen MR) is 73.1 cm³/mol. The summed E-state index contributed by atoms with van der Waals surface area (Å²) in [5.41, 5.74) is 0. The first-order valence-corrected chi connectivity index (χ1v) is 9.08. The highest BCUT2D eigenvalue weighted by Gasteiger charge is 2.36. The van der Waals surface area contributed by atoms with Crippen molar-refractivity contribution in [2.75, 3.05) is 13.2 Å². The maximum Gasteiger partial charge on any atom is 0.191 e. The van der Waals surface area contributed by atoms with Gasteiger partial charge in [0.1, 0.15) is 0 Å². The van der Waals surface area contributed by atoms with E-state index in [1.54, 1.807) is 0 Å². The van der Waals surface area contributed by atoms with Gasteiger partial charge in [0.25, 0.3) is 0 Å². The second-order valence-electron chi connectivity index (χ2n) is 5.71. The van der Waals surface area contributed by atoms with Gasteiger partial charge in [-0.2, -0.15) is 0 Å². The summed E-state index contributed by atoms with van der Waals surface area (Å²) < 4.78 is 11.1. The molecule has 0 saturated carbocycles. The highest BCUT2D eigenvalue weighted by molar-refractivity contribution is 6.74. The quantitative estimate of drug-likeness (QED) is 0.359. The molecule has 0 unspecified atom stereocenters. The second-order valence-corrected chi connectivity index (χ2v) is 10.5. The first kappa shape index (κ1) is 15.7. The summed E-state index contributed by atoms with van der Waals surface area (Å²) in [6.45, 7) is 16.6. The fraction of sp³-hybridized carbons (Fsp3) is 0.846. The van der Waals surface area contributed by atoms with Crippen LogP contribution in [0.15, 0.2) is 12.8 Å². The zero-order chi connectivity index (χ0) is 12.7. The topological polar surface area (TPSA) is 18.5 Å². The SMILES string of the molecule is C=COCCCCCO[Si](C)(C)C(C)(C)C. The van der Waals surface area contributed by atoms with Crippen LogP contribution in [0.25, 0.3) is 0 Å². The highest BCUT2D eigenvalue weighted by atomic mass is 28.4. The Labute approximate surface area is 102 Å². The molecule has 0 saturated heterocycles. The van der Waals surface area contributed by atoms with Crippen LogP contribution >= 0.6 is 0 Å². The zero-order valence-corrected chi connectivity index (χ0v) is 12.6. The van der Waals surface area contributed by atoms with E-state index in [0.29, 0.717) is 5.04 Å². The Morgan fingerprint density at radius 2 is 1.62 bits per heavy atom. The van der Waals surface area contributed by atoms with Gasteiger partial charge >= 0.3 is 0 Å². The Hall–Kier alpha value is -0.283. The van der Waals surface area contributed by atoms with Crippen molar-refractivity contribution in [3.05, 3.63) is 12.8 Å². The third-order valence-electron chi connectivity index (χ3n) is 3.29. The first-order chi connectivity index (χ1) is 7.31. The number of hydrogen-bond acceptors (Lipinski definition) is 2. The average molecular weight is 244 g/mol. The normalized spacial score (nSPS) is 12.6. The van der Waals surface area contributed by atoms with Gasteiger partial charge in [-0.1, -0.05) is 27.4 Å². The summed E-state index contributed by atoms with van der Waals surface area (Å²) in [7, 11) is -1.53. The second kappa shape index (κ2) is 7.12. The van der Waals surface area contributed by atoms with Crippen LogP contribution in [0.4, 0.5) is 0 Å². The Kier molecular flexibility index (Phi) is 7.00. The molecule has 0 atom stereocenters. The molecule has 0 fully saturated rings. The lowest BCUT2D eigenvalue weighted by Crippen LogP contribution is -2.40. The highest BCUT2D eigenvalue weighted by Crippen LogP contribution is 2.36. The van der Waals surface area contributed by atoms with Crippen LogP contribution in [0.1, 0.15) is 40.0 Å². The zero-order valence-electron chi connectivity index (χ0n) is 11.6. The number of rotatable bonds is 8. The summed E-state index contributed by atoms with van der Waals surface area (Å²) in [4.78, 5) is 0. The van der Waals surface area contributed by atoms with E-state index in [4.69, 9.17) is 9.16 Å². The molecule has 0 aromatic rings. The average Bonchev–Trinajstić information content (AvgIpc) is 2.14. The molecule has 0 aliphatic heterocycles. The van der Waals surface area contributed by atoms with Crippen molar-refractivity contribution in [3.63, 3.8) is 0 Å². The van der Waals surface area contributed by atoms with Gasteiger partial charge in [0.05, 0.1) is 12.9 Å². The van der Waals surface area contributed by atoms with E-state index in [1.165, 1.54) is 12.7 Å². The standard InChI is InChI=1S/C13H28O2Si/c1-7-14-11-9-8-10-12-15-16(5,6)13(2,3)4/h7H,1,8-12H2,2-6H3. The lowest BCUT2D eigenvalue weighted by molar-refractivity contribution is 0.231. The van der Waals surface area contributed by atoms with Gasteiger partial charge in [0.2, 0.25) is 0 Å². The molecule has 0 radical (unpaired) electrons. The third kappa shape index (κ3) is 6.33. The van der Waals surface area contributed by atoms with Crippen LogP contribution in [0.2, 0.25) is 18.1 Å². The fourth-order valence-electron chi connectivity index (χ4n) is 1.09. The largest absolute Gasteiger partial charge is 0.502 e. The van der Waals surface area contributed by atoms with Gasteiger partial charge < -0.3 is 9.16 Å². The van der Waals surface area contributed by atoms with Crippen molar-refractivity contribution in [2.45, 2.75) is 58.2 Å². The summed E-state index contributed by atoms with van der Waals surface area (Å²) in [6.07, 6.45) is 4.90. The van der Waals surface area contributed by atoms with Crippen molar-refractivity contribution in [1.82, 2.24) is 0 Å². The Bertz CT molecular complexity index is 195. The molecular formula is C13H28O2Si. The van der Waals surface area contributed by atoms with Gasteiger partial charge in [-0.15, -0.1) is 0 Å². The molecule has 96 valence electrons. The molecule has 0 aromatic heterocycles. The molecule has 3 heteroatoms. The minimum absolute atomic E-state index is 0.318. The Balaban J connectivity index is 3.55. The summed E-state index contributed by atoms with van der Waals surface area (Å²) in [6, 6.07) is 0. The smallest absolute Gasteiger partial charge is 0.191 e. The molecule has 0 heterocycles. The fourth-order valence-corrected chi connectivity index (χ4v) is 2.18. The van der Waals surface area contributed by atoms with E-state index in [0.717, 1.165) is 26.1 Å². The molecule has 0 amide bonds. The van der Waals surface area contributed by atoms with Crippen molar-refractivity contribution in [1.29, 1.82) is 0 Å². The number of hydrogen-bond donors (Lipinski definition) is 0. The van der Waals surface area contributed by atoms with E-state index >= 15 is 0 Å². The molecule has 0 rings (SSSR count). The lowest BCUT2D eigenvalue weighted by atomic mass is 10.2. The molecular weight excluding hydrogens is 216 g/mol. The minimum Gasteiger partial charge on any atom is -0.502 e. The van der Waals surface area contributed by atoms with E-state index in [9.17, 15) is 0 Å². The van der Waals surface area contributed by atoms with Crippen molar-refractivity contribution in [3.8, 4) is 0 Å².